The molecule has 4 nitrogen and oxygen atoms in total. The molecular formula is C30H15F9N2O2. The first-order valence-corrected chi connectivity index (χ1v) is 12.4. The highest BCUT2D eigenvalue weighted by Gasteiger charge is 2.52. The molecule has 6 aromatic rings. The lowest BCUT2D eigenvalue weighted by atomic mass is 9.94. The molecule has 2 aromatic heterocycles. The number of rotatable bonds is 3. The van der Waals surface area contributed by atoms with Crippen molar-refractivity contribution in [2.45, 2.75) is 25.5 Å². The van der Waals surface area contributed by atoms with Crippen molar-refractivity contribution >= 4 is 32.5 Å². The summed E-state index contributed by atoms with van der Waals surface area (Å²) in [7, 11) is 0. The number of hydrogen-bond acceptors (Lipinski definition) is 4. The topological polar surface area (TPSA) is 48.2 Å². The molecule has 4 aromatic carbocycles. The maximum atomic E-state index is 13.9. The van der Waals surface area contributed by atoms with Crippen molar-refractivity contribution < 1.29 is 48.7 Å². The SMILES string of the molecule is Cc1c(Oc2nnc(-c3cc4ccccc4o3)c3cc4ccccc4cc23)cc(C(F)(F)F)c(C(F)(F)F)c1C(F)(F)F. The van der Waals surface area contributed by atoms with Crippen molar-refractivity contribution in [3.63, 3.8) is 0 Å². The lowest BCUT2D eigenvalue weighted by Crippen LogP contribution is -2.24. The van der Waals surface area contributed by atoms with E-state index in [1.54, 1.807) is 60.7 Å². The molecule has 0 fully saturated rings. The first-order valence-electron chi connectivity index (χ1n) is 12.4. The van der Waals surface area contributed by atoms with E-state index in [0.29, 0.717) is 28.7 Å². The van der Waals surface area contributed by atoms with Gasteiger partial charge in [0, 0.05) is 21.7 Å². The van der Waals surface area contributed by atoms with E-state index in [-0.39, 0.29) is 22.9 Å². The van der Waals surface area contributed by atoms with Crippen molar-refractivity contribution in [2.75, 3.05) is 0 Å². The number of alkyl halides is 9. The van der Waals surface area contributed by atoms with Crippen LogP contribution in [0.1, 0.15) is 22.3 Å². The molecule has 0 atom stereocenters. The summed E-state index contributed by atoms with van der Waals surface area (Å²) < 4.78 is 136. The van der Waals surface area contributed by atoms with Crippen LogP contribution < -0.4 is 4.74 Å². The van der Waals surface area contributed by atoms with Crippen LogP contribution in [0.25, 0.3) is 44.0 Å². The van der Waals surface area contributed by atoms with Crippen molar-refractivity contribution in [1.82, 2.24) is 10.2 Å². The molecule has 43 heavy (non-hydrogen) atoms. The molecule has 0 bridgehead atoms. The normalized spacial score (nSPS) is 12.9. The fourth-order valence-electron chi connectivity index (χ4n) is 5.01. The molecule has 0 unspecified atom stereocenters. The number of furan rings is 1. The monoisotopic (exact) mass is 606 g/mol. The number of para-hydroxylation sites is 1. The molecule has 0 spiro atoms. The summed E-state index contributed by atoms with van der Waals surface area (Å²) in [5.41, 5.74) is -8.39. The summed E-state index contributed by atoms with van der Waals surface area (Å²) in [5.74, 6) is -1.37. The number of ether oxygens (including phenoxy) is 1. The average Bonchev–Trinajstić information content (AvgIpc) is 3.35. The molecule has 0 amide bonds. The Morgan fingerprint density at radius 3 is 1.79 bits per heavy atom. The lowest BCUT2D eigenvalue weighted by Gasteiger charge is -2.24. The molecule has 0 aliphatic heterocycles. The number of aromatic nitrogens is 2. The zero-order valence-corrected chi connectivity index (χ0v) is 21.5. The standard InChI is InChI=1S/C30H15F9N2O2/c1-14-22(13-20(28(31,32)33)25(30(37,38)39)24(14)29(34,35)36)43-27-19-11-16-7-3-2-6-15(16)10-18(19)26(40-41-27)23-12-17-8-4-5-9-21(17)42-23/h2-13H,1H3. The highest BCUT2D eigenvalue weighted by atomic mass is 19.4. The minimum atomic E-state index is -5.97. The minimum absolute atomic E-state index is 0.102. The van der Waals surface area contributed by atoms with Crippen LogP contribution in [-0.4, -0.2) is 10.2 Å². The Bertz CT molecular complexity index is 2010. The van der Waals surface area contributed by atoms with Crippen LogP contribution in [0.3, 0.4) is 0 Å². The van der Waals surface area contributed by atoms with E-state index >= 15 is 0 Å². The Balaban J connectivity index is 1.61. The third kappa shape index (κ3) is 4.98. The second-order valence-electron chi connectivity index (χ2n) is 9.64. The highest BCUT2D eigenvalue weighted by molar-refractivity contribution is 6.05. The van der Waals surface area contributed by atoms with Gasteiger partial charge in [0.25, 0.3) is 0 Å². The van der Waals surface area contributed by atoms with Crippen molar-refractivity contribution in [3.8, 4) is 23.1 Å². The predicted octanol–water partition coefficient (Wildman–Crippen LogP) is 10.4. The van der Waals surface area contributed by atoms with E-state index in [0.717, 1.165) is 5.39 Å². The third-order valence-corrected chi connectivity index (χ3v) is 6.89. The number of halogens is 9. The second kappa shape index (κ2) is 9.61. The van der Waals surface area contributed by atoms with Gasteiger partial charge in [0.1, 0.15) is 17.0 Å². The molecular weight excluding hydrogens is 591 g/mol. The van der Waals surface area contributed by atoms with E-state index in [1.807, 2.05) is 0 Å². The van der Waals surface area contributed by atoms with Gasteiger partial charge < -0.3 is 9.15 Å². The van der Waals surface area contributed by atoms with Gasteiger partial charge in [-0.05, 0) is 48.0 Å². The van der Waals surface area contributed by atoms with Gasteiger partial charge in [0.2, 0.25) is 5.88 Å². The molecule has 13 heteroatoms. The summed E-state index contributed by atoms with van der Waals surface area (Å²) in [6.45, 7) is 0.599. The fraction of sp³-hybridized carbons (Fsp3) is 0.133. The number of benzene rings is 4. The summed E-state index contributed by atoms with van der Waals surface area (Å²) >= 11 is 0. The smallest absolute Gasteiger partial charge is 0.417 e. The maximum Gasteiger partial charge on any atom is 0.417 e. The maximum absolute atomic E-state index is 13.9. The van der Waals surface area contributed by atoms with Gasteiger partial charge in [-0.15, -0.1) is 10.2 Å². The van der Waals surface area contributed by atoms with Crippen LogP contribution in [0, 0.1) is 6.92 Å². The second-order valence-corrected chi connectivity index (χ2v) is 9.64. The minimum Gasteiger partial charge on any atom is -0.454 e. The first-order chi connectivity index (χ1) is 20.1. The molecule has 0 saturated heterocycles. The zero-order chi connectivity index (χ0) is 30.9. The van der Waals surface area contributed by atoms with E-state index in [9.17, 15) is 39.5 Å². The highest BCUT2D eigenvalue weighted by Crippen LogP contribution is 2.51. The van der Waals surface area contributed by atoms with Crippen LogP contribution in [0.15, 0.2) is 77.2 Å². The zero-order valence-electron chi connectivity index (χ0n) is 21.5. The van der Waals surface area contributed by atoms with Crippen molar-refractivity contribution in [3.05, 3.63) is 95.1 Å². The van der Waals surface area contributed by atoms with Crippen LogP contribution >= 0.6 is 0 Å². The molecule has 0 saturated carbocycles. The summed E-state index contributed by atoms with van der Waals surface area (Å²) in [6.07, 6.45) is -17.6. The molecule has 0 N–H and O–H groups in total. The Kier molecular flexibility index (Phi) is 6.33. The van der Waals surface area contributed by atoms with Gasteiger partial charge in [-0.3, -0.25) is 0 Å². The lowest BCUT2D eigenvalue weighted by molar-refractivity contribution is -0.175. The third-order valence-electron chi connectivity index (χ3n) is 6.89. The van der Waals surface area contributed by atoms with Crippen molar-refractivity contribution in [2.24, 2.45) is 0 Å². The van der Waals surface area contributed by atoms with Crippen LogP contribution in [0.4, 0.5) is 39.5 Å². The summed E-state index contributed by atoms with van der Waals surface area (Å²) in [6, 6.07) is 18.7. The molecule has 220 valence electrons. The summed E-state index contributed by atoms with van der Waals surface area (Å²) in [5, 5.41) is 10.5. The van der Waals surface area contributed by atoms with Crippen LogP contribution in [0.2, 0.25) is 0 Å². The Hall–Kier alpha value is -4.81. The Morgan fingerprint density at radius 2 is 1.21 bits per heavy atom. The molecule has 2 heterocycles. The predicted molar refractivity (Wildman–Crippen MR) is 139 cm³/mol. The van der Waals surface area contributed by atoms with Gasteiger partial charge >= 0.3 is 18.5 Å². The number of nitrogens with zero attached hydrogens (tertiary/aromatic N) is 2. The van der Waals surface area contributed by atoms with Gasteiger partial charge in [0.15, 0.2) is 5.76 Å². The Labute approximate surface area is 235 Å². The van der Waals surface area contributed by atoms with E-state index in [4.69, 9.17) is 9.15 Å². The first kappa shape index (κ1) is 28.3. The molecule has 0 aliphatic rings. The molecule has 0 radical (unpaired) electrons. The quantitative estimate of drug-likeness (QED) is 0.149. The fourth-order valence-corrected chi connectivity index (χ4v) is 5.01. The Morgan fingerprint density at radius 1 is 0.628 bits per heavy atom. The van der Waals surface area contributed by atoms with Gasteiger partial charge in [0.05, 0.1) is 16.7 Å². The number of hydrogen-bond donors (Lipinski definition) is 0. The average molecular weight is 606 g/mol. The van der Waals surface area contributed by atoms with E-state index in [2.05, 4.69) is 10.2 Å². The van der Waals surface area contributed by atoms with Gasteiger partial charge in [-0.1, -0.05) is 42.5 Å². The van der Waals surface area contributed by atoms with Crippen molar-refractivity contribution in [1.29, 1.82) is 0 Å². The number of fused-ring (bicyclic) bond motifs is 3. The van der Waals surface area contributed by atoms with Crippen LogP contribution in [-0.2, 0) is 18.5 Å². The molecule has 6 rings (SSSR count). The van der Waals surface area contributed by atoms with E-state index in [1.165, 1.54) is 6.07 Å². The van der Waals surface area contributed by atoms with Gasteiger partial charge in [-0.25, -0.2) is 0 Å². The molecule has 0 aliphatic carbocycles. The van der Waals surface area contributed by atoms with Crippen LogP contribution in [0.5, 0.6) is 11.6 Å². The summed E-state index contributed by atoms with van der Waals surface area (Å²) in [4.78, 5) is 0. The largest absolute Gasteiger partial charge is 0.454 e. The van der Waals surface area contributed by atoms with E-state index < -0.39 is 52.4 Å². The van der Waals surface area contributed by atoms with Gasteiger partial charge in [-0.2, -0.15) is 39.5 Å².